The standard InChI is InChI=1S/C20H12I4N2O2/c21-13-5-11(19(27)15(23)7-13)9-25-17-3-1-2-4-18(17)26-10-12-6-14(22)8-16(24)20(12)28/h1-10,27-28H. The molecule has 0 aliphatic rings. The molecule has 4 nitrogen and oxygen atoms in total. The quantitative estimate of drug-likeness (QED) is 0.220. The van der Waals surface area contributed by atoms with Crippen molar-refractivity contribution in [3.63, 3.8) is 0 Å². The van der Waals surface area contributed by atoms with Gasteiger partial charge in [0, 0.05) is 30.7 Å². The molecule has 0 heterocycles. The fourth-order valence-corrected chi connectivity index (χ4v) is 6.11. The van der Waals surface area contributed by atoms with Crippen molar-refractivity contribution in [3.05, 3.63) is 73.9 Å². The molecule has 2 N–H and O–H groups in total. The summed E-state index contributed by atoms with van der Waals surface area (Å²) in [4.78, 5) is 9.04. The van der Waals surface area contributed by atoms with Gasteiger partial charge in [-0.3, -0.25) is 9.98 Å². The van der Waals surface area contributed by atoms with Gasteiger partial charge in [-0.15, -0.1) is 0 Å². The number of aliphatic imine (C=N–C) groups is 2. The molecule has 3 aromatic rings. The number of halogens is 4. The van der Waals surface area contributed by atoms with E-state index in [0.717, 1.165) is 14.3 Å². The van der Waals surface area contributed by atoms with Crippen LogP contribution in [-0.2, 0) is 0 Å². The van der Waals surface area contributed by atoms with Crippen LogP contribution in [0.15, 0.2) is 58.5 Å². The van der Waals surface area contributed by atoms with Crippen LogP contribution in [0.3, 0.4) is 0 Å². The molecule has 142 valence electrons. The molecule has 0 saturated heterocycles. The SMILES string of the molecule is Oc1c(I)cc(I)cc1C=Nc1ccccc1N=Cc1cc(I)cc(I)c1O. The molecule has 0 bridgehead atoms. The number of hydrogen-bond acceptors (Lipinski definition) is 4. The average Bonchev–Trinajstić information content (AvgIpc) is 2.65. The maximum atomic E-state index is 10.2. The summed E-state index contributed by atoms with van der Waals surface area (Å²) >= 11 is 8.62. The first kappa shape index (κ1) is 22.2. The smallest absolute Gasteiger partial charge is 0.137 e. The van der Waals surface area contributed by atoms with E-state index in [2.05, 4.69) is 100 Å². The Hall–Kier alpha value is -0.480. The van der Waals surface area contributed by atoms with Gasteiger partial charge in [0.1, 0.15) is 11.5 Å². The zero-order chi connectivity index (χ0) is 20.3. The van der Waals surface area contributed by atoms with Crippen molar-refractivity contribution in [2.75, 3.05) is 0 Å². The van der Waals surface area contributed by atoms with Crippen molar-refractivity contribution in [1.29, 1.82) is 0 Å². The van der Waals surface area contributed by atoms with Crippen molar-refractivity contribution in [2.45, 2.75) is 0 Å². The largest absolute Gasteiger partial charge is 0.506 e. The molecule has 0 saturated carbocycles. The molecule has 0 radical (unpaired) electrons. The average molecular weight is 820 g/mol. The molecule has 28 heavy (non-hydrogen) atoms. The van der Waals surface area contributed by atoms with Crippen LogP contribution in [0.1, 0.15) is 11.1 Å². The lowest BCUT2D eigenvalue weighted by molar-refractivity contribution is 0.470. The summed E-state index contributed by atoms with van der Waals surface area (Å²) in [5.74, 6) is 0.424. The second-order valence-corrected chi connectivity index (χ2v) is 10.5. The number of para-hydroxylation sites is 2. The highest BCUT2D eigenvalue weighted by Gasteiger charge is 2.07. The molecular weight excluding hydrogens is 808 g/mol. The maximum absolute atomic E-state index is 10.2. The Morgan fingerprint density at radius 1 is 0.643 bits per heavy atom. The number of benzene rings is 3. The monoisotopic (exact) mass is 820 g/mol. The predicted molar refractivity (Wildman–Crippen MR) is 148 cm³/mol. The van der Waals surface area contributed by atoms with Gasteiger partial charge in [0.25, 0.3) is 0 Å². The Bertz CT molecular complexity index is 1010. The maximum Gasteiger partial charge on any atom is 0.137 e. The van der Waals surface area contributed by atoms with E-state index < -0.39 is 0 Å². The Morgan fingerprint density at radius 2 is 1.04 bits per heavy atom. The van der Waals surface area contributed by atoms with Crippen molar-refractivity contribution >= 4 is 114 Å². The van der Waals surface area contributed by atoms with E-state index in [9.17, 15) is 10.2 Å². The first-order chi connectivity index (χ1) is 13.3. The predicted octanol–water partition coefficient (Wildman–Crippen LogP) is 7.02. The molecule has 0 amide bonds. The molecule has 8 heteroatoms. The van der Waals surface area contributed by atoms with Gasteiger partial charge < -0.3 is 10.2 Å². The van der Waals surface area contributed by atoms with E-state index >= 15 is 0 Å². The van der Waals surface area contributed by atoms with Crippen LogP contribution < -0.4 is 0 Å². The minimum absolute atomic E-state index is 0.212. The summed E-state index contributed by atoms with van der Waals surface area (Å²) < 4.78 is 3.61. The van der Waals surface area contributed by atoms with Gasteiger partial charge in [0.15, 0.2) is 0 Å². The number of phenolic OH excluding ortho intramolecular Hbond substituents is 2. The van der Waals surface area contributed by atoms with Crippen molar-refractivity contribution in [1.82, 2.24) is 0 Å². The van der Waals surface area contributed by atoms with Crippen molar-refractivity contribution in [3.8, 4) is 11.5 Å². The lowest BCUT2D eigenvalue weighted by Gasteiger charge is -2.05. The first-order valence-corrected chi connectivity index (χ1v) is 12.2. The van der Waals surface area contributed by atoms with Crippen LogP contribution in [0.2, 0.25) is 0 Å². The molecule has 3 aromatic carbocycles. The van der Waals surface area contributed by atoms with Crippen LogP contribution >= 0.6 is 90.4 Å². The van der Waals surface area contributed by atoms with Crippen LogP contribution in [0.25, 0.3) is 0 Å². The van der Waals surface area contributed by atoms with Gasteiger partial charge in [-0.1, -0.05) is 12.1 Å². The topological polar surface area (TPSA) is 65.2 Å². The van der Waals surface area contributed by atoms with Crippen LogP contribution in [0, 0.1) is 14.3 Å². The molecule has 0 fully saturated rings. The molecule has 0 unspecified atom stereocenters. The summed E-state index contributed by atoms with van der Waals surface area (Å²) in [6, 6.07) is 15.0. The van der Waals surface area contributed by atoms with Gasteiger partial charge in [0.05, 0.1) is 18.5 Å². The molecule has 0 spiro atoms. The highest BCUT2D eigenvalue weighted by atomic mass is 127. The Labute approximate surface area is 217 Å². The number of hydrogen-bond donors (Lipinski definition) is 2. The molecular formula is C20H12I4N2O2. The van der Waals surface area contributed by atoms with E-state index in [1.54, 1.807) is 12.4 Å². The third kappa shape index (κ3) is 5.56. The summed E-state index contributed by atoms with van der Waals surface area (Å²) in [7, 11) is 0. The third-order valence-corrected chi connectivity index (χ3v) is 6.57. The fraction of sp³-hybridized carbons (Fsp3) is 0. The summed E-state index contributed by atoms with van der Waals surface area (Å²) in [5.41, 5.74) is 2.65. The van der Waals surface area contributed by atoms with Crippen LogP contribution in [0.4, 0.5) is 11.4 Å². The molecule has 3 rings (SSSR count). The normalized spacial score (nSPS) is 11.6. The van der Waals surface area contributed by atoms with Gasteiger partial charge in [-0.2, -0.15) is 0 Å². The second kappa shape index (κ2) is 10.0. The summed E-state index contributed by atoms with van der Waals surface area (Å²) in [6.07, 6.45) is 3.28. The number of rotatable bonds is 4. The zero-order valence-electron chi connectivity index (χ0n) is 14.1. The zero-order valence-corrected chi connectivity index (χ0v) is 22.7. The Kier molecular flexibility index (Phi) is 7.95. The minimum atomic E-state index is 0.212. The van der Waals surface area contributed by atoms with E-state index in [0.29, 0.717) is 22.5 Å². The molecule has 0 aliphatic heterocycles. The molecule has 0 aromatic heterocycles. The Morgan fingerprint density at radius 3 is 1.43 bits per heavy atom. The highest BCUT2D eigenvalue weighted by Crippen LogP contribution is 2.31. The van der Waals surface area contributed by atoms with Gasteiger partial charge in [-0.25, -0.2) is 0 Å². The minimum Gasteiger partial charge on any atom is -0.506 e. The van der Waals surface area contributed by atoms with Crippen LogP contribution in [-0.4, -0.2) is 22.6 Å². The lowest BCUT2D eigenvalue weighted by Crippen LogP contribution is -1.88. The van der Waals surface area contributed by atoms with Gasteiger partial charge in [0.2, 0.25) is 0 Å². The number of phenols is 2. The number of nitrogens with zero attached hydrogens (tertiary/aromatic N) is 2. The van der Waals surface area contributed by atoms with E-state index in [1.807, 2.05) is 48.5 Å². The Balaban J connectivity index is 1.95. The number of aromatic hydroxyl groups is 2. The van der Waals surface area contributed by atoms with Gasteiger partial charge >= 0.3 is 0 Å². The molecule has 0 aliphatic carbocycles. The second-order valence-electron chi connectivity index (χ2n) is 5.66. The highest BCUT2D eigenvalue weighted by molar-refractivity contribution is 14.1. The third-order valence-electron chi connectivity index (χ3n) is 3.68. The summed E-state index contributed by atoms with van der Waals surface area (Å²) in [5, 5.41) is 20.5. The van der Waals surface area contributed by atoms with E-state index in [-0.39, 0.29) is 11.5 Å². The van der Waals surface area contributed by atoms with E-state index in [1.165, 1.54) is 0 Å². The van der Waals surface area contributed by atoms with E-state index in [4.69, 9.17) is 0 Å². The van der Waals surface area contributed by atoms with Crippen LogP contribution in [0.5, 0.6) is 11.5 Å². The molecule has 0 atom stereocenters. The first-order valence-electron chi connectivity index (χ1n) is 7.88. The van der Waals surface area contributed by atoms with Gasteiger partial charge in [-0.05, 0) is 127 Å². The van der Waals surface area contributed by atoms with Crippen molar-refractivity contribution < 1.29 is 10.2 Å². The lowest BCUT2D eigenvalue weighted by atomic mass is 10.2. The van der Waals surface area contributed by atoms with Crippen molar-refractivity contribution in [2.24, 2.45) is 9.98 Å². The fourth-order valence-electron chi connectivity index (χ4n) is 2.33. The summed E-state index contributed by atoms with van der Waals surface area (Å²) in [6.45, 7) is 0.